The lowest BCUT2D eigenvalue weighted by atomic mass is 10.2. The smallest absolute Gasteiger partial charge is 0.266 e. The van der Waals surface area contributed by atoms with Crippen molar-refractivity contribution < 1.29 is 4.39 Å². The number of nitrogens with one attached hydrogen (secondary N) is 1. The van der Waals surface area contributed by atoms with Gasteiger partial charge in [0.2, 0.25) is 0 Å². The van der Waals surface area contributed by atoms with E-state index in [0.29, 0.717) is 34.1 Å². The van der Waals surface area contributed by atoms with Gasteiger partial charge in [-0.3, -0.25) is 14.3 Å². The monoisotopic (exact) mass is 478 g/mol. The highest BCUT2D eigenvalue weighted by molar-refractivity contribution is 5.78. The molecule has 10 heteroatoms. The summed E-state index contributed by atoms with van der Waals surface area (Å²) in [5, 5.41) is 3.43. The molecule has 176 valence electrons. The van der Waals surface area contributed by atoms with E-state index in [-0.39, 0.29) is 16.8 Å². The Morgan fingerprint density at radius 3 is 2.67 bits per heavy atom. The number of aromatic nitrogens is 6. The first-order chi connectivity index (χ1) is 17.5. The Balaban J connectivity index is 1.61. The molecule has 1 atom stereocenters. The second kappa shape index (κ2) is 9.60. The zero-order valence-electron chi connectivity index (χ0n) is 19.1. The van der Waals surface area contributed by atoms with Crippen LogP contribution in [0.1, 0.15) is 30.0 Å². The highest BCUT2D eigenvalue weighted by Crippen LogP contribution is 2.24. The Bertz CT molecular complexity index is 1680. The van der Waals surface area contributed by atoms with E-state index in [1.165, 1.54) is 41.5 Å². The van der Waals surface area contributed by atoms with E-state index in [0.717, 1.165) is 0 Å². The molecule has 3 N–H and O–H groups in total. The minimum atomic E-state index is -0.529. The zero-order valence-corrected chi connectivity index (χ0v) is 19.1. The predicted octanol–water partition coefficient (Wildman–Crippen LogP) is 3.26. The summed E-state index contributed by atoms with van der Waals surface area (Å²) in [5.41, 5.74) is 7.50. The molecule has 3 heterocycles. The molecule has 0 amide bonds. The number of hydrogen-bond donors (Lipinski definition) is 2. The third-order valence-corrected chi connectivity index (χ3v) is 5.37. The van der Waals surface area contributed by atoms with E-state index in [4.69, 9.17) is 10.7 Å². The van der Waals surface area contributed by atoms with E-state index in [9.17, 15) is 9.18 Å². The van der Waals surface area contributed by atoms with Crippen LogP contribution < -0.4 is 16.6 Å². The standard InChI is InChI=1S/C26H19FN8O/c1-16(33-24-20(23(28)31-15-32-24)9-8-18-14-29-11-12-30-18)25-34-22-10-7-17(27)13-21(22)26(36)35(25)19-5-3-2-4-6-19/h2-7,10-16H,1H3,(H3,28,31,32,33)/t16-/m0/s1. The third kappa shape index (κ3) is 4.45. The van der Waals surface area contributed by atoms with Crippen molar-refractivity contribution in [3.63, 3.8) is 0 Å². The van der Waals surface area contributed by atoms with Gasteiger partial charge < -0.3 is 11.1 Å². The van der Waals surface area contributed by atoms with Crippen LogP contribution in [0.3, 0.4) is 0 Å². The summed E-state index contributed by atoms with van der Waals surface area (Å²) in [5.74, 6) is 6.28. The van der Waals surface area contributed by atoms with Gasteiger partial charge in [-0.1, -0.05) is 24.1 Å². The number of benzene rings is 2. The van der Waals surface area contributed by atoms with Gasteiger partial charge in [0.05, 0.1) is 28.8 Å². The van der Waals surface area contributed by atoms with Crippen molar-refractivity contribution in [1.29, 1.82) is 0 Å². The number of rotatable bonds is 4. The molecular formula is C26H19FN8O. The van der Waals surface area contributed by atoms with E-state index in [1.807, 2.05) is 25.1 Å². The molecular weight excluding hydrogens is 459 g/mol. The van der Waals surface area contributed by atoms with Crippen LogP contribution in [0.4, 0.5) is 16.0 Å². The maximum Gasteiger partial charge on any atom is 0.266 e. The van der Waals surface area contributed by atoms with Gasteiger partial charge >= 0.3 is 0 Å². The molecule has 0 unspecified atom stereocenters. The molecule has 36 heavy (non-hydrogen) atoms. The van der Waals surface area contributed by atoms with Crippen molar-refractivity contribution in [2.75, 3.05) is 11.1 Å². The summed E-state index contributed by atoms with van der Waals surface area (Å²) in [6.07, 6.45) is 5.94. The van der Waals surface area contributed by atoms with E-state index < -0.39 is 11.9 Å². The minimum Gasteiger partial charge on any atom is -0.382 e. The van der Waals surface area contributed by atoms with Crippen molar-refractivity contribution >= 4 is 22.5 Å². The Hall–Kier alpha value is -5.17. The lowest BCUT2D eigenvalue weighted by molar-refractivity contribution is 0.629. The average molecular weight is 478 g/mol. The molecule has 5 aromatic rings. The second-order valence-corrected chi connectivity index (χ2v) is 7.80. The van der Waals surface area contributed by atoms with Gasteiger partial charge in [0.15, 0.2) is 0 Å². The summed E-state index contributed by atoms with van der Waals surface area (Å²) < 4.78 is 15.4. The minimum absolute atomic E-state index is 0.177. The topological polar surface area (TPSA) is 124 Å². The van der Waals surface area contributed by atoms with Crippen LogP contribution in [0.25, 0.3) is 16.6 Å². The fourth-order valence-corrected chi connectivity index (χ4v) is 3.68. The van der Waals surface area contributed by atoms with Crippen LogP contribution in [0.15, 0.2) is 78.2 Å². The van der Waals surface area contributed by atoms with Crippen molar-refractivity contribution in [3.8, 4) is 17.5 Å². The summed E-state index contributed by atoms with van der Waals surface area (Å²) >= 11 is 0. The first-order valence-corrected chi connectivity index (χ1v) is 10.9. The van der Waals surface area contributed by atoms with Crippen LogP contribution >= 0.6 is 0 Å². The SMILES string of the molecule is C[C@H](Nc1ncnc(N)c1C#Cc1cnccn1)c1nc2ccc(F)cc2c(=O)n1-c1ccccc1. The van der Waals surface area contributed by atoms with Crippen molar-refractivity contribution in [2.45, 2.75) is 13.0 Å². The Morgan fingerprint density at radius 1 is 1.06 bits per heavy atom. The quantitative estimate of drug-likeness (QED) is 0.377. The molecule has 0 fully saturated rings. The molecule has 0 spiro atoms. The number of nitrogen functional groups attached to an aromatic ring is 1. The summed E-state index contributed by atoms with van der Waals surface area (Å²) in [6, 6.07) is 12.4. The largest absolute Gasteiger partial charge is 0.382 e. The second-order valence-electron chi connectivity index (χ2n) is 7.80. The van der Waals surface area contributed by atoms with Gasteiger partial charge in [-0.2, -0.15) is 0 Å². The van der Waals surface area contributed by atoms with Crippen LogP contribution in [-0.4, -0.2) is 29.5 Å². The number of nitrogens with zero attached hydrogens (tertiary/aromatic N) is 6. The van der Waals surface area contributed by atoms with E-state index in [2.05, 4.69) is 37.1 Å². The van der Waals surface area contributed by atoms with Crippen LogP contribution in [0, 0.1) is 17.7 Å². The molecule has 0 aliphatic rings. The highest BCUT2D eigenvalue weighted by Gasteiger charge is 2.20. The predicted molar refractivity (Wildman–Crippen MR) is 134 cm³/mol. The summed E-state index contributed by atoms with van der Waals surface area (Å²) in [4.78, 5) is 34.7. The highest BCUT2D eigenvalue weighted by atomic mass is 19.1. The number of anilines is 2. The zero-order chi connectivity index (χ0) is 25.1. The molecule has 0 bridgehead atoms. The number of halogens is 1. The molecule has 3 aromatic heterocycles. The normalized spacial score (nSPS) is 11.5. The van der Waals surface area contributed by atoms with E-state index >= 15 is 0 Å². The number of nitrogens with two attached hydrogens (primary N) is 1. The number of para-hydroxylation sites is 1. The maximum absolute atomic E-state index is 13.9. The lowest BCUT2D eigenvalue weighted by Gasteiger charge is -2.20. The molecule has 2 aromatic carbocycles. The van der Waals surface area contributed by atoms with Crippen LogP contribution in [-0.2, 0) is 0 Å². The van der Waals surface area contributed by atoms with Crippen molar-refractivity contribution in [3.05, 3.63) is 107 Å². The van der Waals surface area contributed by atoms with Crippen molar-refractivity contribution in [1.82, 2.24) is 29.5 Å². The van der Waals surface area contributed by atoms with Crippen molar-refractivity contribution in [2.24, 2.45) is 0 Å². The first kappa shape index (κ1) is 22.6. The Morgan fingerprint density at radius 2 is 1.89 bits per heavy atom. The maximum atomic E-state index is 13.9. The van der Waals surface area contributed by atoms with E-state index in [1.54, 1.807) is 18.3 Å². The Labute approximate surface area is 204 Å². The summed E-state index contributed by atoms with van der Waals surface area (Å²) in [7, 11) is 0. The fourth-order valence-electron chi connectivity index (χ4n) is 3.68. The average Bonchev–Trinajstić information content (AvgIpc) is 2.89. The fraction of sp³-hybridized carbons (Fsp3) is 0.0769. The van der Waals surface area contributed by atoms with Gasteiger partial charge in [0, 0.05) is 12.4 Å². The molecule has 9 nitrogen and oxygen atoms in total. The molecule has 0 aliphatic heterocycles. The van der Waals surface area contributed by atoms with Gasteiger partial charge in [-0.25, -0.2) is 24.3 Å². The van der Waals surface area contributed by atoms with Crippen LogP contribution in [0.2, 0.25) is 0 Å². The van der Waals surface area contributed by atoms with Gasteiger partial charge in [0.25, 0.3) is 5.56 Å². The van der Waals surface area contributed by atoms with Crippen LogP contribution in [0.5, 0.6) is 0 Å². The number of hydrogen-bond acceptors (Lipinski definition) is 8. The molecule has 0 saturated heterocycles. The lowest BCUT2D eigenvalue weighted by Crippen LogP contribution is -2.27. The first-order valence-electron chi connectivity index (χ1n) is 10.9. The van der Waals surface area contributed by atoms with Gasteiger partial charge in [0.1, 0.15) is 40.9 Å². The molecule has 5 rings (SSSR count). The van der Waals surface area contributed by atoms with Gasteiger partial charge in [-0.15, -0.1) is 0 Å². The molecule has 0 radical (unpaired) electrons. The van der Waals surface area contributed by atoms with Gasteiger partial charge in [-0.05, 0) is 43.2 Å². The Kier molecular flexibility index (Phi) is 6.03. The number of fused-ring (bicyclic) bond motifs is 1. The molecule has 0 saturated carbocycles. The third-order valence-electron chi connectivity index (χ3n) is 5.37. The molecule has 0 aliphatic carbocycles. The summed E-state index contributed by atoms with van der Waals surface area (Å²) in [6.45, 7) is 1.83.